The summed E-state index contributed by atoms with van der Waals surface area (Å²) in [5.41, 5.74) is 4.56. The number of nitrogens with zero attached hydrogens (tertiary/aromatic N) is 2. The molecular formula is C17H12N2OS2. The number of benzene rings is 1. The van der Waals surface area contributed by atoms with Crippen LogP contribution >= 0.6 is 22.7 Å². The predicted octanol–water partition coefficient (Wildman–Crippen LogP) is 4.91. The van der Waals surface area contributed by atoms with Gasteiger partial charge in [0.1, 0.15) is 11.4 Å². The Kier molecular flexibility index (Phi) is 3.17. The van der Waals surface area contributed by atoms with Crippen LogP contribution in [0.2, 0.25) is 0 Å². The van der Waals surface area contributed by atoms with Gasteiger partial charge in [0.2, 0.25) is 0 Å². The summed E-state index contributed by atoms with van der Waals surface area (Å²) in [6, 6.07) is 12.2. The minimum atomic E-state index is 0.614. The van der Waals surface area contributed by atoms with Crippen LogP contribution in [0.3, 0.4) is 0 Å². The maximum Gasteiger partial charge on any atom is 0.195 e. The Morgan fingerprint density at radius 1 is 1.14 bits per heavy atom. The van der Waals surface area contributed by atoms with Gasteiger partial charge >= 0.3 is 0 Å². The van der Waals surface area contributed by atoms with Crippen LogP contribution in [0.1, 0.15) is 16.1 Å². The van der Waals surface area contributed by atoms with Crippen molar-refractivity contribution in [3.05, 3.63) is 58.4 Å². The van der Waals surface area contributed by atoms with Crippen molar-refractivity contribution >= 4 is 33.9 Å². The number of thiazole rings is 1. The number of thiophene rings is 1. The van der Waals surface area contributed by atoms with Gasteiger partial charge in [-0.1, -0.05) is 35.9 Å². The van der Waals surface area contributed by atoms with Crippen LogP contribution in [0.5, 0.6) is 0 Å². The minimum Gasteiger partial charge on any atom is -0.296 e. The molecule has 0 unspecified atom stereocenters. The van der Waals surface area contributed by atoms with E-state index in [0.717, 1.165) is 33.1 Å². The molecule has 3 heterocycles. The summed E-state index contributed by atoms with van der Waals surface area (Å²) in [6.45, 7) is 2.05. The molecule has 22 heavy (non-hydrogen) atoms. The normalized spacial score (nSPS) is 11.1. The maximum atomic E-state index is 11.7. The third kappa shape index (κ3) is 2.01. The molecule has 0 fully saturated rings. The molecule has 0 amide bonds. The third-order valence-corrected chi connectivity index (χ3v) is 5.33. The minimum absolute atomic E-state index is 0.614. The standard InChI is InChI=1S/C17H12N2OS2/c1-11-4-6-12(7-5-11)16-13(9-20)19-14(10-22-17(19)18-16)15-3-2-8-21-15/h2-10H,1H3. The van der Waals surface area contributed by atoms with Crippen molar-refractivity contribution in [2.24, 2.45) is 0 Å². The van der Waals surface area contributed by atoms with E-state index in [2.05, 4.69) is 16.4 Å². The Hall–Kier alpha value is -2.24. The Morgan fingerprint density at radius 3 is 2.64 bits per heavy atom. The van der Waals surface area contributed by atoms with Crippen LogP contribution in [0.25, 0.3) is 26.8 Å². The second kappa shape index (κ2) is 5.19. The predicted molar refractivity (Wildman–Crippen MR) is 91.9 cm³/mol. The Bertz CT molecular complexity index is 947. The van der Waals surface area contributed by atoms with Gasteiger partial charge in [-0.3, -0.25) is 9.20 Å². The molecule has 4 rings (SSSR count). The first-order valence-electron chi connectivity index (χ1n) is 6.84. The topological polar surface area (TPSA) is 34.4 Å². The number of carbonyl (C=O) groups is 1. The van der Waals surface area contributed by atoms with Gasteiger partial charge in [-0.15, -0.1) is 22.7 Å². The van der Waals surface area contributed by atoms with Crippen molar-refractivity contribution in [1.29, 1.82) is 0 Å². The van der Waals surface area contributed by atoms with E-state index in [1.54, 1.807) is 22.7 Å². The number of rotatable bonds is 3. The highest BCUT2D eigenvalue weighted by Crippen LogP contribution is 2.34. The monoisotopic (exact) mass is 324 g/mol. The van der Waals surface area contributed by atoms with E-state index in [-0.39, 0.29) is 0 Å². The van der Waals surface area contributed by atoms with Crippen molar-refractivity contribution in [2.75, 3.05) is 0 Å². The van der Waals surface area contributed by atoms with Gasteiger partial charge in [0.15, 0.2) is 11.2 Å². The van der Waals surface area contributed by atoms with E-state index in [9.17, 15) is 4.79 Å². The lowest BCUT2D eigenvalue weighted by atomic mass is 10.1. The first kappa shape index (κ1) is 13.4. The van der Waals surface area contributed by atoms with Gasteiger partial charge in [0, 0.05) is 10.9 Å². The molecule has 108 valence electrons. The second-order valence-corrected chi connectivity index (χ2v) is 6.83. The highest BCUT2D eigenvalue weighted by molar-refractivity contribution is 7.17. The number of fused-ring (bicyclic) bond motifs is 1. The summed E-state index contributed by atoms with van der Waals surface area (Å²) < 4.78 is 1.96. The number of aldehydes is 1. The van der Waals surface area contributed by atoms with E-state index in [4.69, 9.17) is 0 Å². The van der Waals surface area contributed by atoms with E-state index < -0.39 is 0 Å². The summed E-state index contributed by atoms with van der Waals surface area (Å²) >= 11 is 3.22. The van der Waals surface area contributed by atoms with Crippen LogP contribution in [-0.4, -0.2) is 15.7 Å². The highest BCUT2D eigenvalue weighted by atomic mass is 32.1. The summed E-state index contributed by atoms with van der Waals surface area (Å²) in [5.74, 6) is 0. The van der Waals surface area contributed by atoms with E-state index >= 15 is 0 Å². The molecular weight excluding hydrogens is 312 g/mol. The van der Waals surface area contributed by atoms with Crippen LogP contribution < -0.4 is 0 Å². The fourth-order valence-corrected chi connectivity index (χ4v) is 4.21. The molecule has 0 aliphatic carbocycles. The molecule has 4 aromatic rings. The first-order valence-corrected chi connectivity index (χ1v) is 8.60. The maximum absolute atomic E-state index is 11.7. The summed E-state index contributed by atoms with van der Waals surface area (Å²) in [7, 11) is 0. The van der Waals surface area contributed by atoms with Gasteiger partial charge in [0.05, 0.1) is 10.6 Å². The average Bonchev–Trinajstić information content (AvgIpc) is 3.23. The van der Waals surface area contributed by atoms with Crippen molar-refractivity contribution in [2.45, 2.75) is 6.92 Å². The Morgan fingerprint density at radius 2 is 1.95 bits per heavy atom. The zero-order valence-corrected chi connectivity index (χ0v) is 13.4. The summed E-state index contributed by atoms with van der Waals surface area (Å²) in [5, 5.41) is 4.09. The molecule has 3 nitrogen and oxygen atoms in total. The summed E-state index contributed by atoms with van der Waals surface area (Å²) in [4.78, 5) is 18.4. The van der Waals surface area contributed by atoms with E-state index in [1.807, 2.05) is 47.0 Å². The zero-order valence-electron chi connectivity index (χ0n) is 11.8. The molecule has 1 aromatic carbocycles. The van der Waals surface area contributed by atoms with Gasteiger partial charge in [-0.25, -0.2) is 4.98 Å². The fraction of sp³-hybridized carbons (Fsp3) is 0.0588. The Balaban J connectivity index is 1.98. The van der Waals surface area contributed by atoms with Crippen LogP contribution in [0.15, 0.2) is 47.2 Å². The molecule has 0 radical (unpaired) electrons. The molecule has 5 heteroatoms. The molecule has 3 aromatic heterocycles. The van der Waals surface area contributed by atoms with Gasteiger partial charge in [-0.2, -0.15) is 0 Å². The lowest BCUT2D eigenvalue weighted by Crippen LogP contribution is -1.93. The number of imidazole rings is 1. The third-order valence-electron chi connectivity index (χ3n) is 3.61. The number of hydrogen-bond acceptors (Lipinski definition) is 4. The lowest BCUT2D eigenvalue weighted by Gasteiger charge is -2.01. The molecule has 0 spiro atoms. The van der Waals surface area contributed by atoms with Crippen molar-refractivity contribution in [3.8, 4) is 21.8 Å². The largest absolute Gasteiger partial charge is 0.296 e. The van der Waals surface area contributed by atoms with Crippen LogP contribution in [-0.2, 0) is 0 Å². The number of aromatic nitrogens is 2. The quantitative estimate of drug-likeness (QED) is 0.502. The molecule has 0 N–H and O–H groups in total. The number of hydrogen-bond donors (Lipinski definition) is 0. The van der Waals surface area contributed by atoms with Gasteiger partial charge < -0.3 is 0 Å². The van der Waals surface area contributed by atoms with Crippen LogP contribution in [0, 0.1) is 6.92 Å². The van der Waals surface area contributed by atoms with Gasteiger partial charge in [-0.05, 0) is 18.4 Å². The number of carbonyl (C=O) groups excluding carboxylic acids is 1. The summed E-state index contributed by atoms with van der Waals surface area (Å²) in [6.07, 6.45) is 0.902. The molecule has 0 atom stereocenters. The van der Waals surface area contributed by atoms with Crippen LogP contribution in [0.4, 0.5) is 0 Å². The van der Waals surface area contributed by atoms with E-state index in [0.29, 0.717) is 5.69 Å². The van der Waals surface area contributed by atoms with Crippen molar-refractivity contribution < 1.29 is 4.79 Å². The SMILES string of the molecule is Cc1ccc(-c2nc3scc(-c4cccs4)n3c2C=O)cc1. The second-order valence-electron chi connectivity index (χ2n) is 5.05. The lowest BCUT2D eigenvalue weighted by molar-refractivity contribution is 0.111. The Labute approximate surface area is 135 Å². The smallest absolute Gasteiger partial charge is 0.195 e. The average molecular weight is 324 g/mol. The molecule has 0 saturated heterocycles. The molecule has 0 bridgehead atoms. The highest BCUT2D eigenvalue weighted by Gasteiger charge is 2.18. The van der Waals surface area contributed by atoms with Crippen molar-refractivity contribution in [1.82, 2.24) is 9.38 Å². The number of aryl methyl sites for hydroxylation is 1. The first-order chi connectivity index (χ1) is 10.8. The molecule has 0 aliphatic heterocycles. The molecule has 0 saturated carbocycles. The van der Waals surface area contributed by atoms with Crippen molar-refractivity contribution in [3.63, 3.8) is 0 Å². The van der Waals surface area contributed by atoms with Gasteiger partial charge in [0.25, 0.3) is 0 Å². The zero-order chi connectivity index (χ0) is 15.1. The van der Waals surface area contributed by atoms with E-state index in [1.165, 1.54) is 5.56 Å². The molecule has 0 aliphatic rings. The fourth-order valence-electron chi connectivity index (χ4n) is 2.51.